The van der Waals surface area contributed by atoms with Crippen LogP contribution in [-0.2, 0) is 10.3 Å². The van der Waals surface area contributed by atoms with E-state index in [2.05, 4.69) is 22.2 Å². The van der Waals surface area contributed by atoms with Crippen molar-refractivity contribution in [3.8, 4) is 0 Å². The maximum Gasteiger partial charge on any atom is 0.250 e. The molecule has 1 aromatic rings. The zero-order valence-electron chi connectivity index (χ0n) is 15.4. The topological polar surface area (TPSA) is 73.6 Å². The van der Waals surface area contributed by atoms with Crippen LogP contribution in [0.1, 0.15) is 33.1 Å². The fourth-order valence-electron chi connectivity index (χ4n) is 4.24. The van der Waals surface area contributed by atoms with E-state index >= 15 is 0 Å². The summed E-state index contributed by atoms with van der Waals surface area (Å²) in [5, 5.41) is 17.5. The maximum atomic E-state index is 13.5. The lowest BCUT2D eigenvalue weighted by atomic mass is 9.86. The molecule has 25 heavy (non-hydrogen) atoms. The van der Waals surface area contributed by atoms with E-state index < -0.39 is 5.54 Å². The number of hydrogen-bond donors (Lipinski definition) is 2. The lowest BCUT2D eigenvalue weighted by Gasteiger charge is -2.46. The fourth-order valence-corrected chi connectivity index (χ4v) is 4.24. The molecular formula is C18H31N5O2. The van der Waals surface area contributed by atoms with Gasteiger partial charge < -0.3 is 15.3 Å². The Bertz CT molecular complexity index is 554. The number of nitrogens with zero attached hydrogens (tertiary/aromatic N) is 4. The molecule has 3 rings (SSSR count). The minimum atomic E-state index is -0.556. The zero-order chi connectivity index (χ0) is 17.9. The number of carbonyl (C=O) groups excluding carboxylic acids is 1. The van der Waals surface area contributed by atoms with Gasteiger partial charge in [-0.25, -0.2) is 0 Å². The van der Waals surface area contributed by atoms with Gasteiger partial charge in [-0.2, -0.15) is 5.10 Å². The van der Waals surface area contributed by atoms with Crippen molar-refractivity contribution in [3.05, 3.63) is 18.5 Å². The second-order valence-corrected chi connectivity index (χ2v) is 7.39. The van der Waals surface area contributed by atoms with Crippen LogP contribution in [0.4, 0.5) is 0 Å². The molecule has 0 saturated carbocycles. The molecule has 2 fully saturated rings. The van der Waals surface area contributed by atoms with E-state index in [4.69, 9.17) is 0 Å². The third-order valence-corrected chi connectivity index (χ3v) is 5.63. The van der Waals surface area contributed by atoms with Crippen molar-refractivity contribution in [2.75, 3.05) is 39.3 Å². The number of piperidine rings is 1. The molecule has 7 nitrogen and oxygen atoms in total. The summed E-state index contributed by atoms with van der Waals surface area (Å²) in [4.78, 5) is 17.9. The molecular weight excluding hydrogens is 318 g/mol. The maximum absolute atomic E-state index is 13.5. The van der Waals surface area contributed by atoms with Crippen molar-refractivity contribution in [2.24, 2.45) is 0 Å². The minimum Gasteiger partial charge on any atom is -0.392 e. The first-order chi connectivity index (χ1) is 12.1. The van der Waals surface area contributed by atoms with Crippen LogP contribution < -0.4 is 5.32 Å². The molecule has 3 heterocycles. The second kappa shape index (κ2) is 7.85. The average molecular weight is 349 g/mol. The highest BCUT2D eigenvalue weighted by Gasteiger charge is 2.45. The first-order valence-electron chi connectivity index (χ1n) is 9.49. The third-order valence-electron chi connectivity index (χ3n) is 5.63. The first-order valence-corrected chi connectivity index (χ1v) is 9.49. The predicted octanol–water partition coefficient (Wildman–Crippen LogP) is 0.265. The lowest BCUT2D eigenvalue weighted by Crippen LogP contribution is -2.62. The van der Waals surface area contributed by atoms with E-state index in [1.165, 1.54) is 0 Å². The largest absolute Gasteiger partial charge is 0.392 e. The highest BCUT2D eigenvalue weighted by molar-refractivity contribution is 5.85. The van der Waals surface area contributed by atoms with Crippen molar-refractivity contribution in [3.63, 3.8) is 0 Å². The van der Waals surface area contributed by atoms with Gasteiger partial charge in [-0.3, -0.25) is 14.4 Å². The minimum absolute atomic E-state index is 0.202. The number of carbonyl (C=O) groups is 1. The van der Waals surface area contributed by atoms with Gasteiger partial charge in [-0.05, 0) is 45.3 Å². The van der Waals surface area contributed by atoms with Crippen molar-refractivity contribution in [1.82, 2.24) is 24.9 Å². The van der Waals surface area contributed by atoms with Gasteiger partial charge >= 0.3 is 0 Å². The van der Waals surface area contributed by atoms with E-state index in [-0.39, 0.29) is 12.0 Å². The van der Waals surface area contributed by atoms with E-state index in [0.29, 0.717) is 12.6 Å². The Labute approximate surface area is 150 Å². The molecule has 2 unspecified atom stereocenters. The van der Waals surface area contributed by atoms with Gasteiger partial charge in [0.05, 0.1) is 6.10 Å². The molecule has 1 amide bonds. The Morgan fingerprint density at radius 2 is 2.16 bits per heavy atom. The van der Waals surface area contributed by atoms with Crippen molar-refractivity contribution in [1.29, 1.82) is 0 Å². The summed E-state index contributed by atoms with van der Waals surface area (Å²) >= 11 is 0. The van der Waals surface area contributed by atoms with Crippen molar-refractivity contribution in [2.45, 2.75) is 50.8 Å². The van der Waals surface area contributed by atoms with E-state index in [0.717, 1.165) is 52.0 Å². The number of nitrogens with one attached hydrogen (secondary N) is 1. The van der Waals surface area contributed by atoms with E-state index in [1.807, 2.05) is 28.8 Å². The molecule has 0 spiro atoms. The van der Waals surface area contributed by atoms with Gasteiger partial charge in [-0.15, -0.1) is 0 Å². The molecule has 2 saturated heterocycles. The molecule has 2 atom stereocenters. The number of amides is 1. The van der Waals surface area contributed by atoms with Crippen LogP contribution >= 0.6 is 0 Å². The summed E-state index contributed by atoms with van der Waals surface area (Å²) in [5.74, 6) is 0.202. The Morgan fingerprint density at radius 3 is 2.76 bits per heavy atom. The molecule has 0 radical (unpaired) electrons. The highest BCUT2D eigenvalue weighted by Crippen LogP contribution is 2.30. The molecule has 2 aliphatic heterocycles. The molecule has 2 N–H and O–H groups in total. The number of β-amino-alcohol motifs (C(OH)–C–C–N with tert-alkyl or cyclic N) is 1. The molecule has 2 aliphatic rings. The highest BCUT2D eigenvalue weighted by atomic mass is 16.3. The normalized spacial score (nSPS) is 25.7. The summed E-state index contributed by atoms with van der Waals surface area (Å²) in [5.41, 5.74) is -0.556. The Hall–Kier alpha value is -1.44. The molecule has 0 aliphatic carbocycles. The fraction of sp³-hybridized carbons (Fsp3) is 0.778. The molecule has 7 heteroatoms. The van der Waals surface area contributed by atoms with Crippen molar-refractivity contribution >= 4 is 5.91 Å². The van der Waals surface area contributed by atoms with Gasteiger partial charge in [0.25, 0.3) is 5.91 Å². The van der Waals surface area contributed by atoms with Crippen molar-refractivity contribution < 1.29 is 9.90 Å². The lowest BCUT2D eigenvalue weighted by molar-refractivity contribution is -0.146. The van der Waals surface area contributed by atoms with Crippen LogP contribution in [0.5, 0.6) is 0 Å². The van der Waals surface area contributed by atoms with Crippen LogP contribution in [-0.4, -0.2) is 82.0 Å². The first kappa shape index (κ1) is 18.4. The Balaban J connectivity index is 1.77. The summed E-state index contributed by atoms with van der Waals surface area (Å²) in [6.45, 7) is 8.61. The number of aliphatic hydroxyl groups is 1. The smallest absolute Gasteiger partial charge is 0.250 e. The van der Waals surface area contributed by atoms with E-state index in [1.54, 1.807) is 6.20 Å². The van der Waals surface area contributed by atoms with Crippen LogP contribution in [0.25, 0.3) is 0 Å². The van der Waals surface area contributed by atoms with Gasteiger partial charge in [0, 0.05) is 44.6 Å². The van der Waals surface area contributed by atoms with Gasteiger partial charge in [0.15, 0.2) is 0 Å². The molecule has 140 valence electrons. The van der Waals surface area contributed by atoms with Crippen LogP contribution in [0.2, 0.25) is 0 Å². The quantitative estimate of drug-likeness (QED) is 0.798. The summed E-state index contributed by atoms with van der Waals surface area (Å²) in [6, 6.07) is 2.20. The third kappa shape index (κ3) is 3.73. The standard InChI is InChI=1S/C18H31N5O2/c1-3-16-14-22(12-11-21(16)13-15(2)24)17(25)18(5-8-19-9-6-18)23-10-4-7-20-23/h4,7,10,15-16,19,24H,3,5-6,8-9,11-14H2,1-2H3. The summed E-state index contributed by atoms with van der Waals surface area (Å²) < 4.78 is 1.87. The van der Waals surface area contributed by atoms with E-state index in [9.17, 15) is 9.90 Å². The number of aliphatic hydroxyl groups excluding tert-OH is 1. The monoisotopic (exact) mass is 349 g/mol. The van der Waals surface area contributed by atoms with Crippen LogP contribution in [0, 0.1) is 0 Å². The average Bonchev–Trinajstić information content (AvgIpc) is 3.17. The predicted molar refractivity (Wildman–Crippen MR) is 96.2 cm³/mol. The van der Waals surface area contributed by atoms with Crippen LogP contribution in [0.15, 0.2) is 18.5 Å². The van der Waals surface area contributed by atoms with Crippen LogP contribution in [0.3, 0.4) is 0 Å². The molecule has 0 aromatic carbocycles. The molecule has 1 aromatic heterocycles. The SMILES string of the molecule is CCC1CN(C(=O)C2(n3cccn3)CCNCC2)CCN1CC(C)O. The number of aromatic nitrogens is 2. The number of hydrogen-bond acceptors (Lipinski definition) is 5. The van der Waals surface area contributed by atoms with Gasteiger partial charge in [-0.1, -0.05) is 6.92 Å². The van der Waals surface area contributed by atoms with Gasteiger partial charge in [0.2, 0.25) is 0 Å². The Morgan fingerprint density at radius 1 is 1.40 bits per heavy atom. The number of piperazine rings is 1. The summed E-state index contributed by atoms with van der Waals surface area (Å²) in [6.07, 6.45) is 5.87. The van der Waals surface area contributed by atoms with Gasteiger partial charge in [0.1, 0.15) is 5.54 Å². The Kier molecular flexibility index (Phi) is 5.76. The second-order valence-electron chi connectivity index (χ2n) is 7.39. The zero-order valence-corrected chi connectivity index (χ0v) is 15.4. The number of rotatable bonds is 5. The summed E-state index contributed by atoms with van der Waals surface area (Å²) in [7, 11) is 0. The molecule has 0 bridgehead atoms.